The van der Waals surface area contributed by atoms with Crippen molar-refractivity contribution in [1.29, 1.82) is 0 Å². The Balaban J connectivity index is 2.28. The summed E-state index contributed by atoms with van der Waals surface area (Å²) in [6.07, 6.45) is 0. The lowest BCUT2D eigenvalue weighted by molar-refractivity contribution is 0.0526. The van der Waals surface area contributed by atoms with Crippen molar-refractivity contribution in [3.05, 3.63) is 52.3 Å². The molecule has 110 valence electrons. The quantitative estimate of drug-likeness (QED) is 0.642. The largest absolute Gasteiger partial charge is 0.462 e. The number of hydrogen-bond donors (Lipinski definition) is 2. The van der Waals surface area contributed by atoms with E-state index in [1.165, 1.54) is 6.07 Å². The number of halogens is 2. The molecule has 2 rings (SSSR count). The number of benzene rings is 2. The van der Waals surface area contributed by atoms with Crippen molar-refractivity contribution in [3.63, 3.8) is 0 Å². The van der Waals surface area contributed by atoms with Crippen molar-refractivity contribution in [2.45, 2.75) is 6.92 Å². The maximum absolute atomic E-state index is 13.2. The lowest BCUT2D eigenvalue weighted by atomic mass is 10.1. The first-order valence-electron chi connectivity index (χ1n) is 6.30. The van der Waals surface area contributed by atoms with E-state index in [0.29, 0.717) is 33.7 Å². The van der Waals surface area contributed by atoms with Crippen LogP contribution in [0.15, 0.2) is 40.9 Å². The molecule has 0 aliphatic heterocycles. The summed E-state index contributed by atoms with van der Waals surface area (Å²) in [4.78, 5) is 11.7. The number of nitrogens with two attached hydrogens (primary N) is 1. The second-order valence-corrected chi connectivity index (χ2v) is 5.13. The van der Waals surface area contributed by atoms with Gasteiger partial charge in [-0.3, -0.25) is 0 Å². The molecule has 3 N–H and O–H groups in total. The molecule has 0 saturated carbocycles. The van der Waals surface area contributed by atoms with Crippen molar-refractivity contribution >= 4 is 39.0 Å². The van der Waals surface area contributed by atoms with Gasteiger partial charge >= 0.3 is 5.97 Å². The molecule has 0 aliphatic rings. The summed E-state index contributed by atoms with van der Waals surface area (Å²) in [5.74, 6) is -0.769. The van der Waals surface area contributed by atoms with Gasteiger partial charge in [-0.25, -0.2) is 9.18 Å². The fraction of sp³-hybridized carbons (Fsp3) is 0.133. The standard InChI is InChI=1S/C15H14BrFN2O2/c1-2-21-15(20)9-3-6-13(18)14(7-9)19-10-4-5-12(17)11(16)8-10/h3-8,19H,2,18H2,1H3. The molecule has 0 fully saturated rings. The average molecular weight is 353 g/mol. The molecular weight excluding hydrogens is 339 g/mol. The Bertz CT molecular complexity index is 677. The molecule has 0 heterocycles. The normalized spacial score (nSPS) is 10.2. The molecule has 21 heavy (non-hydrogen) atoms. The van der Waals surface area contributed by atoms with Gasteiger partial charge in [0, 0.05) is 5.69 Å². The van der Waals surface area contributed by atoms with Crippen LogP contribution < -0.4 is 11.1 Å². The van der Waals surface area contributed by atoms with E-state index < -0.39 is 5.97 Å². The van der Waals surface area contributed by atoms with Crippen molar-refractivity contribution in [3.8, 4) is 0 Å². The molecule has 0 aliphatic carbocycles. The van der Waals surface area contributed by atoms with E-state index in [0.717, 1.165) is 0 Å². The summed E-state index contributed by atoms with van der Waals surface area (Å²) in [7, 11) is 0. The van der Waals surface area contributed by atoms with Crippen LogP contribution in [-0.4, -0.2) is 12.6 Å². The third-order valence-corrected chi connectivity index (χ3v) is 3.37. The summed E-state index contributed by atoms with van der Waals surface area (Å²) in [5, 5.41) is 3.05. The maximum Gasteiger partial charge on any atom is 0.338 e. The van der Waals surface area contributed by atoms with E-state index in [1.807, 2.05) is 0 Å². The van der Waals surface area contributed by atoms with Crippen molar-refractivity contribution in [1.82, 2.24) is 0 Å². The number of carbonyl (C=O) groups is 1. The number of hydrogen-bond acceptors (Lipinski definition) is 4. The number of ether oxygens (including phenoxy) is 1. The SMILES string of the molecule is CCOC(=O)c1ccc(N)c(Nc2ccc(F)c(Br)c2)c1. The first-order chi connectivity index (χ1) is 10.0. The predicted octanol–water partition coefficient (Wildman–Crippen LogP) is 4.09. The smallest absolute Gasteiger partial charge is 0.338 e. The molecule has 0 amide bonds. The number of rotatable bonds is 4. The summed E-state index contributed by atoms with van der Waals surface area (Å²) in [6.45, 7) is 2.04. The van der Waals surface area contributed by atoms with Crippen LogP contribution in [-0.2, 0) is 4.74 Å². The van der Waals surface area contributed by atoms with Gasteiger partial charge in [-0.15, -0.1) is 0 Å². The number of anilines is 3. The molecule has 0 radical (unpaired) electrons. The molecule has 0 spiro atoms. The van der Waals surface area contributed by atoms with Crippen LogP contribution in [0, 0.1) is 5.82 Å². The molecule has 6 heteroatoms. The van der Waals surface area contributed by atoms with Gasteiger partial charge in [0.15, 0.2) is 0 Å². The minimum Gasteiger partial charge on any atom is -0.462 e. The van der Waals surface area contributed by atoms with Gasteiger partial charge in [-0.05, 0) is 59.3 Å². The zero-order valence-corrected chi connectivity index (χ0v) is 12.9. The van der Waals surface area contributed by atoms with Crippen LogP contribution >= 0.6 is 15.9 Å². The first kappa shape index (κ1) is 15.3. The Morgan fingerprint density at radius 3 is 2.76 bits per heavy atom. The second kappa shape index (κ2) is 6.58. The van der Waals surface area contributed by atoms with Crippen molar-refractivity contribution in [2.24, 2.45) is 0 Å². The maximum atomic E-state index is 13.2. The summed E-state index contributed by atoms with van der Waals surface area (Å²) in [6, 6.07) is 9.32. The Morgan fingerprint density at radius 2 is 2.10 bits per heavy atom. The highest BCUT2D eigenvalue weighted by atomic mass is 79.9. The van der Waals surface area contributed by atoms with Crippen LogP contribution in [0.5, 0.6) is 0 Å². The molecule has 2 aromatic rings. The number of esters is 1. The molecule has 0 saturated heterocycles. The summed E-state index contributed by atoms with van der Waals surface area (Å²) >= 11 is 3.12. The lowest BCUT2D eigenvalue weighted by Crippen LogP contribution is -2.06. The first-order valence-corrected chi connectivity index (χ1v) is 7.09. The molecule has 4 nitrogen and oxygen atoms in total. The van der Waals surface area contributed by atoms with E-state index in [-0.39, 0.29) is 5.82 Å². The summed E-state index contributed by atoms with van der Waals surface area (Å²) in [5.41, 5.74) is 7.96. The highest BCUT2D eigenvalue weighted by Gasteiger charge is 2.10. The molecular formula is C15H14BrFN2O2. The summed E-state index contributed by atoms with van der Waals surface area (Å²) < 4.78 is 18.5. The topological polar surface area (TPSA) is 64.3 Å². The van der Waals surface area contributed by atoms with Gasteiger partial charge < -0.3 is 15.8 Å². The average Bonchev–Trinajstić information content (AvgIpc) is 2.45. The Kier molecular flexibility index (Phi) is 4.80. The fourth-order valence-corrected chi connectivity index (χ4v) is 2.11. The van der Waals surface area contributed by atoms with Gasteiger partial charge in [0.05, 0.1) is 28.0 Å². The van der Waals surface area contributed by atoms with Gasteiger partial charge in [0.25, 0.3) is 0 Å². The van der Waals surface area contributed by atoms with Crippen LogP contribution in [0.2, 0.25) is 0 Å². The molecule has 0 unspecified atom stereocenters. The Labute approximate surface area is 130 Å². The minimum atomic E-state index is -0.416. The van der Waals surface area contributed by atoms with Gasteiger partial charge in [0.2, 0.25) is 0 Å². The van der Waals surface area contributed by atoms with Gasteiger partial charge in [0.1, 0.15) is 5.82 Å². The molecule has 0 atom stereocenters. The van der Waals surface area contributed by atoms with E-state index >= 15 is 0 Å². The number of carbonyl (C=O) groups excluding carboxylic acids is 1. The zero-order valence-electron chi connectivity index (χ0n) is 11.3. The minimum absolute atomic E-state index is 0.302. The Hall–Kier alpha value is -2.08. The highest BCUT2D eigenvalue weighted by molar-refractivity contribution is 9.10. The third-order valence-electron chi connectivity index (χ3n) is 2.76. The second-order valence-electron chi connectivity index (χ2n) is 4.28. The van der Waals surface area contributed by atoms with E-state index in [2.05, 4.69) is 21.2 Å². The predicted molar refractivity (Wildman–Crippen MR) is 84.2 cm³/mol. The van der Waals surface area contributed by atoms with Gasteiger partial charge in [-0.2, -0.15) is 0 Å². The molecule has 0 bridgehead atoms. The highest BCUT2D eigenvalue weighted by Crippen LogP contribution is 2.27. The lowest BCUT2D eigenvalue weighted by Gasteiger charge is -2.11. The third kappa shape index (κ3) is 3.72. The van der Waals surface area contributed by atoms with Crippen LogP contribution in [0.4, 0.5) is 21.5 Å². The van der Waals surface area contributed by atoms with Crippen LogP contribution in [0.3, 0.4) is 0 Å². The van der Waals surface area contributed by atoms with E-state index in [1.54, 1.807) is 37.3 Å². The fourth-order valence-electron chi connectivity index (χ4n) is 1.74. The van der Waals surface area contributed by atoms with E-state index in [9.17, 15) is 9.18 Å². The number of nitrogen functional groups attached to an aromatic ring is 1. The van der Waals surface area contributed by atoms with Crippen LogP contribution in [0.1, 0.15) is 17.3 Å². The zero-order chi connectivity index (χ0) is 15.4. The molecule has 0 aromatic heterocycles. The van der Waals surface area contributed by atoms with Crippen molar-refractivity contribution in [2.75, 3.05) is 17.7 Å². The van der Waals surface area contributed by atoms with Crippen LogP contribution in [0.25, 0.3) is 0 Å². The molecule has 2 aromatic carbocycles. The number of nitrogens with one attached hydrogen (secondary N) is 1. The van der Waals surface area contributed by atoms with E-state index in [4.69, 9.17) is 10.5 Å². The Morgan fingerprint density at radius 1 is 1.33 bits per heavy atom. The van der Waals surface area contributed by atoms with Gasteiger partial charge in [-0.1, -0.05) is 0 Å². The monoisotopic (exact) mass is 352 g/mol. The van der Waals surface area contributed by atoms with Crippen molar-refractivity contribution < 1.29 is 13.9 Å².